The molecule has 0 radical (unpaired) electrons. The first-order valence-electron chi connectivity index (χ1n) is 4.86. The van der Waals surface area contributed by atoms with Crippen LogP contribution in [0.3, 0.4) is 0 Å². The molecule has 2 atom stereocenters. The van der Waals surface area contributed by atoms with Crippen LogP contribution >= 0.6 is 25.0 Å². The van der Waals surface area contributed by atoms with Crippen molar-refractivity contribution in [2.45, 2.75) is 12.3 Å². The number of carboxylic acids is 1. The maximum Gasteiger partial charge on any atom is 0.321 e. The first kappa shape index (κ1) is 16.2. The highest BCUT2D eigenvalue weighted by Crippen LogP contribution is 2.13. The number of carbonyl (C=O) groups is 1. The Hall–Kier alpha value is -0.750. The Morgan fingerprint density at radius 3 is 2.47 bits per heavy atom. The molecule has 1 rings (SSSR count). The van der Waals surface area contributed by atoms with Gasteiger partial charge in [0.05, 0.1) is 0 Å². The first-order valence-corrected chi connectivity index (χ1v) is 5.49. The van der Waals surface area contributed by atoms with Crippen molar-refractivity contribution in [2.75, 3.05) is 12.9 Å². The smallest absolute Gasteiger partial charge is 0.321 e. The van der Waals surface area contributed by atoms with Crippen LogP contribution in [0.15, 0.2) is 30.3 Å². The molecule has 2 N–H and O–H groups in total. The van der Waals surface area contributed by atoms with Gasteiger partial charge in [0, 0.05) is 12.9 Å². The summed E-state index contributed by atoms with van der Waals surface area (Å²) < 4.78 is 5.21. The number of ether oxygens (including phenoxy) is 1. The second-order valence-corrected chi connectivity index (χ2v) is 3.63. The van der Waals surface area contributed by atoms with Gasteiger partial charge in [-0.3, -0.25) is 10.1 Å². The van der Waals surface area contributed by atoms with Crippen molar-refractivity contribution >= 4 is 31.0 Å². The Balaban J connectivity index is 0.00000256. The molecule has 1 aromatic rings. The van der Waals surface area contributed by atoms with E-state index in [9.17, 15) is 4.79 Å². The summed E-state index contributed by atoms with van der Waals surface area (Å²) in [5.41, 5.74) is 0.887. The quantitative estimate of drug-likeness (QED) is 0.547. The molecule has 0 aromatic heterocycles. The van der Waals surface area contributed by atoms with Gasteiger partial charge in [-0.2, -0.15) is 12.6 Å². The van der Waals surface area contributed by atoms with Gasteiger partial charge in [0.25, 0.3) is 0 Å². The van der Waals surface area contributed by atoms with Crippen LogP contribution in [0.25, 0.3) is 0 Å². The Labute approximate surface area is 112 Å². The normalized spacial score (nSPS) is 13.5. The first-order chi connectivity index (χ1) is 7.69. The van der Waals surface area contributed by atoms with E-state index in [1.54, 1.807) is 0 Å². The van der Waals surface area contributed by atoms with Gasteiger partial charge in [0.1, 0.15) is 12.3 Å². The van der Waals surface area contributed by atoms with E-state index < -0.39 is 18.2 Å². The number of hydrogen-bond donors (Lipinski definition) is 3. The molecule has 0 fully saturated rings. The summed E-state index contributed by atoms with van der Waals surface area (Å²) in [5.74, 6) is -0.727. The minimum absolute atomic E-state index is 0. The lowest BCUT2D eigenvalue weighted by Crippen LogP contribution is -2.41. The molecule has 6 heteroatoms. The van der Waals surface area contributed by atoms with Crippen molar-refractivity contribution in [1.29, 1.82) is 0 Å². The Kier molecular flexibility index (Phi) is 7.99. The van der Waals surface area contributed by atoms with Crippen molar-refractivity contribution in [3.8, 4) is 0 Å². The third-order valence-corrected chi connectivity index (χ3v) is 2.54. The number of halogens is 1. The van der Waals surface area contributed by atoms with Crippen molar-refractivity contribution in [3.05, 3.63) is 35.9 Å². The third kappa shape index (κ3) is 4.95. The summed E-state index contributed by atoms with van der Waals surface area (Å²) >= 11 is 3.98. The molecular weight excluding hydrogens is 262 g/mol. The third-order valence-electron chi connectivity index (χ3n) is 2.17. The zero-order chi connectivity index (χ0) is 12.0. The van der Waals surface area contributed by atoms with E-state index in [-0.39, 0.29) is 18.2 Å². The van der Waals surface area contributed by atoms with Crippen molar-refractivity contribution in [2.24, 2.45) is 0 Å². The molecular formula is C11H16ClNO3S. The molecule has 17 heavy (non-hydrogen) atoms. The van der Waals surface area contributed by atoms with E-state index in [1.807, 2.05) is 30.3 Å². The fourth-order valence-electron chi connectivity index (χ4n) is 1.31. The van der Waals surface area contributed by atoms with Crippen LogP contribution in [0, 0.1) is 0 Å². The number of benzene rings is 1. The van der Waals surface area contributed by atoms with E-state index in [2.05, 4.69) is 17.9 Å². The molecule has 4 nitrogen and oxygen atoms in total. The molecule has 0 saturated carbocycles. The molecule has 0 amide bonds. The van der Waals surface area contributed by atoms with Crippen LogP contribution in [0.4, 0.5) is 0 Å². The van der Waals surface area contributed by atoms with E-state index >= 15 is 0 Å². The van der Waals surface area contributed by atoms with Crippen LogP contribution in [-0.2, 0) is 9.53 Å². The minimum atomic E-state index is -0.937. The Morgan fingerprint density at radius 1 is 1.47 bits per heavy atom. The topological polar surface area (TPSA) is 58.6 Å². The fourth-order valence-corrected chi connectivity index (χ4v) is 1.57. The fraction of sp³-hybridized carbons (Fsp3) is 0.364. The standard InChI is InChI=1S/C11H15NO3S.ClH/c1-15-10(8-5-3-2-4-6-8)12-9(7-16)11(13)14;/h2-6,9-10,12,16H,7H2,1H3,(H,13,14);1H. The van der Waals surface area contributed by atoms with Gasteiger partial charge in [-0.15, -0.1) is 12.4 Å². The summed E-state index contributed by atoms with van der Waals surface area (Å²) in [4.78, 5) is 10.8. The van der Waals surface area contributed by atoms with Gasteiger partial charge in [0.2, 0.25) is 0 Å². The Morgan fingerprint density at radius 2 is 2.06 bits per heavy atom. The van der Waals surface area contributed by atoms with Gasteiger partial charge in [0.15, 0.2) is 0 Å². The van der Waals surface area contributed by atoms with Gasteiger partial charge in [-0.25, -0.2) is 0 Å². The average Bonchev–Trinajstić information content (AvgIpc) is 2.31. The van der Waals surface area contributed by atoms with Gasteiger partial charge < -0.3 is 9.84 Å². The van der Waals surface area contributed by atoms with E-state index in [0.29, 0.717) is 0 Å². The highest BCUT2D eigenvalue weighted by molar-refractivity contribution is 7.80. The lowest BCUT2D eigenvalue weighted by Gasteiger charge is -2.21. The number of thiol groups is 1. The minimum Gasteiger partial charge on any atom is -0.480 e. The van der Waals surface area contributed by atoms with Gasteiger partial charge in [-0.1, -0.05) is 30.3 Å². The lowest BCUT2D eigenvalue weighted by molar-refractivity contribution is -0.140. The predicted octanol–water partition coefficient (Wildman–Crippen LogP) is 1.73. The van der Waals surface area contributed by atoms with Crippen LogP contribution in [0.5, 0.6) is 0 Å². The summed E-state index contributed by atoms with van der Waals surface area (Å²) in [7, 11) is 1.53. The summed E-state index contributed by atoms with van der Waals surface area (Å²) in [5, 5.41) is 11.8. The molecule has 2 unspecified atom stereocenters. The van der Waals surface area contributed by atoms with E-state index in [4.69, 9.17) is 9.84 Å². The molecule has 96 valence electrons. The van der Waals surface area contributed by atoms with Crippen LogP contribution in [-0.4, -0.2) is 30.0 Å². The zero-order valence-corrected chi connectivity index (χ0v) is 11.1. The van der Waals surface area contributed by atoms with Crippen LogP contribution in [0.2, 0.25) is 0 Å². The van der Waals surface area contributed by atoms with Crippen molar-refractivity contribution in [3.63, 3.8) is 0 Å². The molecule has 1 aromatic carbocycles. The maximum absolute atomic E-state index is 10.8. The molecule has 0 saturated heterocycles. The second kappa shape index (κ2) is 8.36. The highest BCUT2D eigenvalue weighted by atomic mass is 35.5. The second-order valence-electron chi connectivity index (χ2n) is 3.27. The largest absolute Gasteiger partial charge is 0.480 e. The average molecular weight is 278 g/mol. The number of methoxy groups -OCH3 is 1. The lowest BCUT2D eigenvalue weighted by atomic mass is 10.2. The number of nitrogens with one attached hydrogen (secondary N) is 1. The number of hydrogen-bond acceptors (Lipinski definition) is 4. The predicted molar refractivity (Wildman–Crippen MR) is 71.9 cm³/mol. The van der Waals surface area contributed by atoms with Gasteiger partial charge in [-0.05, 0) is 5.56 Å². The number of aliphatic carboxylic acids is 1. The summed E-state index contributed by atoms with van der Waals surface area (Å²) in [6.07, 6.45) is -0.436. The monoisotopic (exact) mass is 277 g/mol. The molecule has 0 aliphatic carbocycles. The molecule has 0 aliphatic heterocycles. The maximum atomic E-state index is 10.8. The molecule has 0 heterocycles. The summed E-state index contributed by atoms with van der Waals surface area (Å²) in [6, 6.07) is 8.66. The molecule has 0 bridgehead atoms. The van der Waals surface area contributed by atoms with Crippen molar-refractivity contribution < 1.29 is 14.6 Å². The van der Waals surface area contributed by atoms with E-state index in [0.717, 1.165) is 5.56 Å². The number of carboxylic acid groups (broad SMARTS) is 1. The van der Waals surface area contributed by atoms with Crippen LogP contribution < -0.4 is 5.32 Å². The zero-order valence-electron chi connectivity index (χ0n) is 9.37. The highest BCUT2D eigenvalue weighted by Gasteiger charge is 2.20. The molecule has 0 spiro atoms. The van der Waals surface area contributed by atoms with E-state index in [1.165, 1.54) is 7.11 Å². The molecule has 0 aliphatic rings. The summed E-state index contributed by atoms with van der Waals surface area (Å²) in [6.45, 7) is 0. The van der Waals surface area contributed by atoms with Crippen molar-refractivity contribution in [1.82, 2.24) is 5.32 Å². The SMILES string of the molecule is COC(NC(CS)C(=O)O)c1ccccc1.Cl. The number of rotatable bonds is 6. The van der Waals surface area contributed by atoms with Crippen LogP contribution in [0.1, 0.15) is 11.8 Å². The van der Waals surface area contributed by atoms with Gasteiger partial charge >= 0.3 is 5.97 Å². The Bertz CT molecular complexity index is 337.